The molecule has 0 spiro atoms. The summed E-state index contributed by atoms with van der Waals surface area (Å²) < 4.78 is 0. The highest BCUT2D eigenvalue weighted by Gasteiger charge is 2.35. The third kappa shape index (κ3) is 6.23. The normalized spacial score (nSPS) is 20.9. The molecule has 4 rings (SSSR count). The Kier molecular flexibility index (Phi) is 7.63. The zero-order valence-electron chi connectivity index (χ0n) is 19.6. The number of nitrogens with zero attached hydrogens (tertiary/aromatic N) is 1. The van der Waals surface area contributed by atoms with Crippen LogP contribution in [0.1, 0.15) is 58.6 Å². The minimum Gasteiger partial charge on any atom is -0.481 e. The summed E-state index contributed by atoms with van der Waals surface area (Å²) in [5.41, 5.74) is 3.71. The Bertz CT molecular complexity index is 1020. The number of likely N-dealkylation sites (tertiary alicyclic amines) is 1. The molecule has 1 saturated heterocycles. The molecule has 7 nitrogen and oxygen atoms in total. The van der Waals surface area contributed by atoms with Crippen molar-refractivity contribution < 1.29 is 19.5 Å². The smallest absolute Gasteiger partial charge is 0.307 e. The molecule has 3 N–H and O–H groups in total. The molecule has 0 aromatic heterocycles. The van der Waals surface area contributed by atoms with Gasteiger partial charge in [-0.25, -0.2) is 0 Å². The van der Waals surface area contributed by atoms with Crippen molar-refractivity contribution in [1.29, 1.82) is 0 Å². The molecule has 1 saturated carbocycles. The predicted octanol–water partition coefficient (Wildman–Crippen LogP) is 2.88. The lowest BCUT2D eigenvalue weighted by Crippen LogP contribution is -2.63. The average molecular weight is 464 g/mol. The Morgan fingerprint density at radius 3 is 2.35 bits per heavy atom. The van der Waals surface area contributed by atoms with Gasteiger partial charge in [-0.2, -0.15) is 0 Å². The summed E-state index contributed by atoms with van der Waals surface area (Å²) in [4.78, 5) is 37.7. The molecule has 1 heterocycles. The van der Waals surface area contributed by atoms with E-state index in [1.165, 1.54) is 5.56 Å². The second-order valence-electron chi connectivity index (χ2n) is 9.59. The number of carbonyl (C=O) groups excluding carboxylic acids is 2. The summed E-state index contributed by atoms with van der Waals surface area (Å²) in [6, 6.07) is 16.0. The van der Waals surface area contributed by atoms with Crippen LogP contribution in [-0.4, -0.2) is 59.5 Å². The van der Waals surface area contributed by atoms with Gasteiger partial charge in [0.15, 0.2) is 0 Å². The molecular weight excluding hydrogens is 430 g/mol. The number of rotatable bonds is 8. The summed E-state index contributed by atoms with van der Waals surface area (Å²) >= 11 is 0. The van der Waals surface area contributed by atoms with Gasteiger partial charge in [0.2, 0.25) is 5.91 Å². The fourth-order valence-electron chi connectivity index (χ4n) is 5.09. The van der Waals surface area contributed by atoms with E-state index in [1.807, 2.05) is 31.2 Å². The Hall–Kier alpha value is -3.19. The molecule has 0 bridgehead atoms. The lowest BCUT2D eigenvalue weighted by molar-refractivity contribution is -0.136. The topological polar surface area (TPSA) is 98.7 Å². The van der Waals surface area contributed by atoms with Gasteiger partial charge in [0, 0.05) is 24.7 Å². The SMILES string of the molecule is Cc1cccc(C(=O)NCC(=O)NC2CN(C3CCC(c4ccc(CC(=O)O)cc4)CC3)C2)c1. The van der Waals surface area contributed by atoms with Crippen LogP contribution in [0.3, 0.4) is 0 Å². The van der Waals surface area contributed by atoms with Crippen molar-refractivity contribution in [3.63, 3.8) is 0 Å². The van der Waals surface area contributed by atoms with E-state index in [9.17, 15) is 14.4 Å². The van der Waals surface area contributed by atoms with Crippen LogP contribution in [0.25, 0.3) is 0 Å². The molecule has 1 aliphatic carbocycles. The quantitative estimate of drug-likeness (QED) is 0.559. The van der Waals surface area contributed by atoms with Crippen LogP contribution < -0.4 is 10.6 Å². The van der Waals surface area contributed by atoms with Crippen molar-refractivity contribution >= 4 is 17.8 Å². The van der Waals surface area contributed by atoms with E-state index in [2.05, 4.69) is 27.7 Å². The number of amides is 2. The minimum absolute atomic E-state index is 0.0142. The highest BCUT2D eigenvalue weighted by molar-refractivity contribution is 5.96. The molecule has 1 aliphatic heterocycles. The first-order chi connectivity index (χ1) is 16.4. The van der Waals surface area contributed by atoms with Crippen LogP contribution in [0.4, 0.5) is 0 Å². The Balaban J connectivity index is 1.14. The molecule has 0 radical (unpaired) electrons. The van der Waals surface area contributed by atoms with Gasteiger partial charge in [-0.3, -0.25) is 19.3 Å². The largest absolute Gasteiger partial charge is 0.481 e. The van der Waals surface area contributed by atoms with E-state index in [-0.39, 0.29) is 30.8 Å². The van der Waals surface area contributed by atoms with E-state index in [1.54, 1.807) is 12.1 Å². The first-order valence-electron chi connectivity index (χ1n) is 12.1. The monoisotopic (exact) mass is 463 g/mol. The van der Waals surface area contributed by atoms with Crippen molar-refractivity contribution in [3.8, 4) is 0 Å². The molecule has 2 amide bonds. The zero-order valence-corrected chi connectivity index (χ0v) is 19.6. The number of aliphatic carboxylic acids is 1. The van der Waals surface area contributed by atoms with Gasteiger partial charge in [-0.1, -0.05) is 42.0 Å². The van der Waals surface area contributed by atoms with Crippen molar-refractivity contribution in [3.05, 3.63) is 70.8 Å². The fraction of sp³-hybridized carbons (Fsp3) is 0.444. The van der Waals surface area contributed by atoms with E-state index in [4.69, 9.17) is 5.11 Å². The fourth-order valence-corrected chi connectivity index (χ4v) is 5.09. The summed E-state index contributed by atoms with van der Waals surface area (Å²) in [6.45, 7) is 3.63. The van der Waals surface area contributed by atoms with E-state index < -0.39 is 5.97 Å². The van der Waals surface area contributed by atoms with E-state index in [0.29, 0.717) is 17.5 Å². The van der Waals surface area contributed by atoms with Crippen LogP contribution in [0, 0.1) is 6.92 Å². The Morgan fingerprint density at radius 2 is 1.71 bits per heavy atom. The number of carbonyl (C=O) groups is 3. The van der Waals surface area contributed by atoms with Gasteiger partial charge < -0.3 is 15.7 Å². The lowest BCUT2D eigenvalue weighted by Gasteiger charge is -2.46. The number of carboxylic acid groups (broad SMARTS) is 1. The van der Waals surface area contributed by atoms with Crippen molar-refractivity contribution in [1.82, 2.24) is 15.5 Å². The highest BCUT2D eigenvalue weighted by atomic mass is 16.4. The number of hydrogen-bond acceptors (Lipinski definition) is 4. The first-order valence-corrected chi connectivity index (χ1v) is 12.1. The number of carboxylic acids is 1. The molecule has 0 atom stereocenters. The summed E-state index contributed by atoms with van der Waals surface area (Å²) in [5.74, 6) is -0.656. The van der Waals surface area contributed by atoms with Crippen molar-refractivity contribution in [2.24, 2.45) is 0 Å². The van der Waals surface area contributed by atoms with Crippen LogP contribution in [0.2, 0.25) is 0 Å². The third-order valence-corrected chi connectivity index (χ3v) is 6.98. The number of nitrogens with one attached hydrogen (secondary N) is 2. The van der Waals surface area contributed by atoms with Gasteiger partial charge >= 0.3 is 5.97 Å². The maximum Gasteiger partial charge on any atom is 0.307 e. The molecule has 180 valence electrons. The average Bonchev–Trinajstić information content (AvgIpc) is 2.80. The molecule has 2 aromatic carbocycles. The van der Waals surface area contributed by atoms with Crippen molar-refractivity contribution in [2.75, 3.05) is 19.6 Å². The van der Waals surface area contributed by atoms with Crippen LogP contribution in [0.5, 0.6) is 0 Å². The van der Waals surface area contributed by atoms with Gasteiger partial charge in [0.25, 0.3) is 5.91 Å². The van der Waals surface area contributed by atoms with Gasteiger partial charge in [0.05, 0.1) is 19.0 Å². The Labute approximate surface area is 200 Å². The van der Waals surface area contributed by atoms with Crippen LogP contribution in [-0.2, 0) is 16.0 Å². The first kappa shape index (κ1) is 24.0. The maximum absolute atomic E-state index is 12.2. The highest BCUT2D eigenvalue weighted by Crippen LogP contribution is 2.36. The maximum atomic E-state index is 12.2. The number of aryl methyl sites for hydroxylation is 1. The molecule has 2 fully saturated rings. The van der Waals surface area contributed by atoms with Crippen molar-refractivity contribution in [2.45, 2.75) is 57.0 Å². The Morgan fingerprint density at radius 1 is 1.00 bits per heavy atom. The summed E-state index contributed by atoms with van der Waals surface area (Å²) in [7, 11) is 0. The summed E-state index contributed by atoms with van der Waals surface area (Å²) in [6.07, 6.45) is 4.59. The standard InChI is InChI=1S/C27H33N3O4/c1-18-3-2-4-22(13-18)27(34)28-15-25(31)29-23-16-30(17-23)24-11-9-21(10-12-24)20-7-5-19(6-8-20)14-26(32)33/h2-8,13,21,23-24H,9-12,14-17H2,1H3,(H,28,34)(H,29,31)(H,32,33). The molecule has 34 heavy (non-hydrogen) atoms. The number of hydrogen-bond donors (Lipinski definition) is 3. The minimum atomic E-state index is -0.802. The number of benzene rings is 2. The van der Waals surface area contributed by atoms with Crippen LogP contribution >= 0.6 is 0 Å². The second-order valence-corrected chi connectivity index (χ2v) is 9.59. The van der Waals surface area contributed by atoms with Gasteiger partial charge in [-0.05, 0) is 61.8 Å². The summed E-state index contributed by atoms with van der Waals surface area (Å²) in [5, 5.41) is 14.6. The van der Waals surface area contributed by atoms with E-state index in [0.717, 1.165) is 49.9 Å². The molecular formula is C27H33N3O4. The molecule has 0 unspecified atom stereocenters. The predicted molar refractivity (Wildman–Crippen MR) is 130 cm³/mol. The third-order valence-electron chi connectivity index (χ3n) is 6.98. The van der Waals surface area contributed by atoms with Gasteiger partial charge in [-0.15, -0.1) is 0 Å². The zero-order chi connectivity index (χ0) is 24.1. The van der Waals surface area contributed by atoms with E-state index >= 15 is 0 Å². The van der Waals surface area contributed by atoms with Gasteiger partial charge in [0.1, 0.15) is 0 Å². The second kappa shape index (κ2) is 10.8. The molecule has 2 aromatic rings. The molecule has 2 aliphatic rings. The molecule has 7 heteroatoms. The lowest BCUT2D eigenvalue weighted by atomic mass is 9.80. The van der Waals surface area contributed by atoms with Crippen LogP contribution in [0.15, 0.2) is 48.5 Å².